The average Bonchev–Trinajstić information content (AvgIpc) is 3.40. The lowest BCUT2D eigenvalue weighted by Gasteiger charge is -2.44. The van der Waals surface area contributed by atoms with Crippen LogP contribution < -0.4 is 10.7 Å². The SMILES string of the molecule is CCC(C)NC(=O)CN1NC2N(Cc3cccs3)C(=O)C3SCCC3N2C1=O. The Morgan fingerprint density at radius 3 is 2.96 bits per heavy atom. The number of thiophene rings is 1. The van der Waals surface area contributed by atoms with Gasteiger partial charge >= 0.3 is 6.03 Å². The van der Waals surface area contributed by atoms with Crippen molar-refractivity contribution >= 4 is 40.9 Å². The molecule has 0 spiro atoms. The Labute approximate surface area is 172 Å². The van der Waals surface area contributed by atoms with Crippen molar-refractivity contribution < 1.29 is 14.4 Å². The molecule has 3 aliphatic rings. The molecule has 1 aromatic rings. The number of carbonyl (C=O) groups excluding carboxylic acids is 3. The molecule has 10 heteroatoms. The molecule has 0 radical (unpaired) electrons. The average molecular weight is 424 g/mol. The Hall–Kier alpha value is -1.78. The van der Waals surface area contributed by atoms with Crippen LogP contribution >= 0.6 is 23.1 Å². The van der Waals surface area contributed by atoms with Gasteiger partial charge in [-0.1, -0.05) is 13.0 Å². The summed E-state index contributed by atoms with van der Waals surface area (Å²) in [6, 6.07) is 3.65. The number of nitrogens with zero attached hydrogens (tertiary/aromatic N) is 3. The fraction of sp³-hybridized carbons (Fsp3) is 0.611. The second-order valence-corrected chi connectivity index (χ2v) is 9.63. The van der Waals surface area contributed by atoms with Crippen molar-refractivity contribution in [2.45, 2.75) is 56.9 Å². The molecule has 4 rings (SSSR count). The van der Waals surface area contributed by atoms with E-state index in [1.807, 2.05) is 31.4 Å². The first-order valence-electron chi connectivity index (χ1n) is 9.59. The molecule has 2 N–H and O–H groups in total. The van der Waals surface area contributed by atoms with Crippen molar-refractivity contribution in [1.29, 1.82) is 0 Å². The van der Waals surface area contributed by atoms with Crippen LogP contribution in [-0.2, 0) is 16.1 Å². The highest BCUT2D eigenvalue weighted by molar-refractivity contribution is 8.00. The van der Waals surface area contributed by atoms with Crippen LogP contribution in [0.1, 0.15) is 31.6 Å². The van der Waals surface area contributed by atoms with Gasteiger partial charge in [-0.25, -0.2) is 9.80 Å². The first-order valence-corrected chi connectivity index (χ1v) is 11.5. The number of hydrogen-bond donors (Lipinski definition) is 2. The predicted octanol–water partition coefficient (Wildman–Crippen LogP) is 1.40. The van der Waals surface area contributed by atoms with Gasteiger partial charge in [0, 0.05) is 10.9 Å². The van der Waals surface area contributed by atoms with Crippen molar-refractivity contribution in [2.24, 2.45) is 0 Å². The Morgan fingerprint density at radius 1 is 1.43 bits per heavy atom. The fourth-order valence-corrected chi connectivity index (χ4v) is 5.94. The van der Waals surface area contributed by atoms with E-state index in [1.165, 1.54) is 5.01 Å². The van der Waals surface area contributed by atoms with E-state index in [1.54, 1.807) is 32.9 Å². The molecule has 4 unspecified atom stereocenters. The van der Waals surface area contributed by atoms with E-state index in [0.717, 1.165) is 23.5 Å². The van der Waals surface area contributed by atoms with Gasteiger partial charge in [0.1, 0.15) is 11.8 Å². The van der Waals surface area contributed by atoms with Gasteiger partial charge in [0.2, 0.25) is 11.8 Å². The Morgan fingerprint density at radius 2 is 2.25 bits per heavy atom. The van der Waals surface area contributed by atoms with Crippen LogP contribution in [0.3, 0.4) is 0 Å². The number of carbonyl (C=O) groups is 3. The summed E-state index contributed by atoms with van der Waals surface area (Å²) in [4.78, 5) is 43.1. The normalized spacial score (nSPS) is 27.8. The van der Waals surface area contributed by atoms with Gasteiger partial charge in [-0.3, -0.25) is 14.5 Å². The highest BCUT2D eigenvalue weighted by Crippen LogP contribution is 2.40. The molecule has 4 amide bonds. The summed E-state index contributed by atoms with van der Waals surface area (Å²) in [5.41, 5.74) is 3.12. The van der Waals surface area contributed by atoms with Crippen molar-refractivity contribution in [2.75, 3.05) is 12.3 Å². The molecule has 0 aromatic carbocycles. The summed E-state index contributed by atoms with van der Waals surface area (Å²) in [6.07, 6.45) is 1.08. The van der Waals surface area contributed by atoms with Crippen LogP contribution in [0.15, 0.2) is 17.5 Å². The molecule has 4 atom stereocenters. The van der Waals surface area contributed by atoms with E-state index in [2.05, 4.69) is 10.7 Å². The number of urea groups is 1. The van der Waals surface area contributed by atoms with Crippen LogP contribution in [-0.4, -0.2) is 68.6 Å². The lowest BCUT2D eigenvalue weighted by atomic mass is 10.1. The minimum absolute atomic E-state index is 0.0558. The van der Waals surface area contributed by atoms with Crippen molar-refractivity contribution in [3.63, 3.8) is 0 Å². The van der Waals surface area contributed by atoms with Crippen LogP contribution in [0.4, 0.5) is 4.79 Å². The molecule has 0 aliphatic carbocycles. The molecule has 3 saturated heterocycles. The number of thioether (sulfide) groups is 1. The summed E-state index contributed by atoms with van der Waals surface area (Å²) in [6.45, 7) is 4.31. The molecule has 152 valence electrons. The minimum atomic E-state index is -0.543. The predicted molar refractivity (Wildman–Crippen MR) is 108 cm³/mol. The lowest BCUT2D eigenvalue weighted by Crippen LogP contribution is -2.65. The topological polar surface area (TPSA) is 85.0 Å². The van der Waals surface area contributed by atoms with Crippen LogP contribution in [0.5, 0.6) is 0 Å². The zero-order chi connectivity index (χ0) is 19.8. The van der Waals surface area contributed by atoms with Gasteiger partial charge in [0.15, 0.2) is 6.29 Å². The first-order chi connectivity index (χ1) is 13.5. The van der Waals surface area contributed by atoms with Crippen molar-refractivity contribution in [1.82, 2.24) is 25.6 Å². The third-order valence-corrected chi connectivity index (χ3v) is 7.66. The molecule has 0 bridgehead atoms. The highest BCUT2D eigenvalue weighted by atomic mass is 32.2. The van der Waals surface area contributed by atoms with Gasteiger partial charge in [-0.05, 0) is 37.0 Å². The van der Waals surface area contributed by atoms with Gasteiger partial charge < -0.3 is 10.2 Å². The van der Waals surface area contributed by atoms with Gasteiger partial charge in [-0.15, -0.1) is 23.1 Å². The minimum Gasteiger partial charge on any atom is -0.352 e. The maximum absolute atomic E-state index is 13.1. The highest BCUT2D eigenvalue weighted by Gasteiger charge is 2.56. The summed E-state index contributed by atoms with van der Waals surface area (Å²) >= 11 is 3.21. The lowest BCUT2D eigenvalue weighted by molar-refractivity contribution is -0.145. The molecule has 4 heterocycles. The Balaban J connectivity index is 1.54. The molecule has 28 heavy (non-hydrogen) atoms. The zero-order valence-electron chi connectivity index (χ0n) is 16.0. The quantitative estimate of drug-likeness (QED) is 0.723. The number of nitrogens with one attached hydrogen (secondary N) is 2. The van der Waals surface area contributed by atoms with Crippen LogP contribution in [0.2, 0.25) is 0 Å². The standard InChI is InChI=1S/C18H25N5O3S2/c1-3-11(2)19-14(24)10-22-18(26)23-13-6-8-28-15(13)16(25)21(17(23)20-22)9-12-5-4-7-27-12/h4-5,7,11,13,15,17,20H,3,6,8-10H2,1-2H3,(H,19,24). The summed E-state index contributed by atoms with van der Waals surface area (Å²) in [5.74, 6) is 0.718. The second-order valence-electron chi connectivity index (χ2n) is 7.35. The maximum atomic E-state index is 13.1. The van der Waals surface area contributed by atoms with E-state index >= 15 is 0 Å². The third-order valence-electron chi connectivity index (χ3n) is 5.45. The summed E-state index contributed by atoms with van der Waals surface area (Å²) in [7, 11) is 0. The molecule has 8 nitrogen and oxygen atoms in total. The smallest absolute Gasteiger partial charge is 0.337 e. The monoisotopic (exact) mass is 423 g/mol. The van der Waals surface area contributed by atoms with E-state index in [9.17, 15) is 14.4 Å². The number of fused-ring (bicyclic) bond motifs is 3. The number of amides is 4. The number of hydrogen-bond acceptors (Lipinski definition) is 6. The van der Waals surface area contributed by atoms with E-state index in [-0.39, 0.29) is 41.7 Å². The molecular weight excluding hydrogens is 398 g/mol. The van der Waals surface area contributed by atoms with Crippen molar-refractivity contribution in [3.05, 3.63) is 22.4 Å². The second kappa shape index (κ2) is 7.92. The molecular formula is C18H25N5O3S2. The van der Waals surface area contributed by atoms with E-state index in [4.69, 9.17) is 0 Å². The van der Waals surface area contributed by atoms with Crippen LogP contribution in [0.25, 0.3) is 0 Å². The number of rotatable bonds is 6. The zero-order valence-corrected chi connectivity index (χ0v) is 17.6. The molecule has 3 aliphatic heterocycles. The largest absolute Gasteiger partial charge is 0.352 e. The maximum Gasteiger partial charge on any atom is 0.337 e. The fourth-order valence-electron chi connectivity index (χ4n) is 3.84. The third kappa shape index (κ3) is 3.48. The Kier molecular flexibility index (Phi) is 5.52. The first kappa shape index (κ1) is 19.5. The number of hydrazine groups is 1. The molecule has 0 saturated carbocycles. The van der Waals surface area contributed by atoms with Crippen molar-refractivity contribution in [3.8, 4) is 0 Å². The van der Waals surface area contributed by atoms with Gasteiger partial charge in [0.05, 0.1) is 12.6 Å². The Bertz CT molecular complexity index is 758. The van der Waals surface area contributed by atoms with Gasteiger partial charge in [-0.2, -0.15) is 5.43 Å². The molecule has 1 aromatic heterocycles. The van der Waals surface area contributed by atoms with Gasteiger partial charge in [0.25, 0.3) is 0 Å². The van der Waals surface area contributed by atoms with E-state index < -0.39 is 6.29 Å². The molecule has 3 fully saturated rings. The summed E-state index contributed by atoms with van der Waals surface area (Å²) < 4.78 is 0. The van der Waals surface area contributed by atoms with Crippen LogP contribution in [0, 0.1) is 0 Å². The summed E-state index contributed by atoms with van der Waals surface area (Å²) in [5, 5.41) is 5.99. The van der Waals surface area contributed by atoms with E-state index in [0.29, 0.717) is 6.54 Å².